The maximum Gasteiger partial charge on any atom is 0.261 e. The van der Waals surface area contributed by atoms with Crippen molar-refractivity contribution in [1.29, 1.82) is 0 Å². The highest BCUT2D eigenvalue weighted by molar-refractivity contribution is 7.92. The fourth-order valence-electron chi connectivity index (χ4n) is 3.15. The number of hydrogen-bond acceptors (Lipinski definition) is 5. The molecule has 1 amide bonds. The highest BCUT2D eigenvalue weighted by atomic mass is 32.2. The second-order valence-electron chi connectivity index (χ2n) is 6.46. The van der Waals surface area contributed by atoms with Gasteiger partial charge in [0.15, 0.2) is 0 Å². The summed E-state index contributed by atoms with van der Waals surface area (Å²) < 4.78 is 39.3. The second-order valence-corrected chi connectivity index (χ2v) is 8.14. The van der Waals surface area contributed by atoms with Crippen molar-refractivity contribution in [3.63, 3.8) is 0 Å². The summed E-state index contributed by atoms with van der Waals surface area (Å²) in [6.45, 7) is 1.34. The highest BCUT2D eigenvalue weighted by Gasteiger charge is 2.18. The maximum absolute atomic E-state index is 12.9. The number of carbonyl (C=O) groups excluding carboxylic acids is 1. The topological polar surface area (TPSA) is 97.6 Å². The van der Waals surface area contributed by atoms with E-state index >= 15 is 0 Å². The molecule has 0 atom stereocenters. The van der Waals surface area contributed by atoms with Crippen LogP contribution in [-0.4, -0.2) is 21.4 Å². The third-order valence-electron chi connectivity index (χ3n) is 4.42. The van der Waals surface area contributed by atoms with E-state index in [0.29, 0.717) is 17.0 Å². The molecular formula is C21H18N2O5S. The Kier molecular flexibility index (Phi) is 4.63. The number of benzene rings is 3. The molecule has 0 unspecified atom stereocenters. The number of rotatable bonds is 5. The van der Waals surface area contributed by atoms with Crippen molar-refractivity contribution in [1.82, 2.24) is 0 Å². The zero-order valence-electron chi connectivity index (χ0n) is 15.7. The van der Waals surface area contributed by atoms with Crippen molar-refractivity contribution in [2.45, 2.75) is 11.8 Å². The number of sulfonamides is 1. The number of furan rings is 1. The first-order valence-corrected chi connectivity index (χ1v) is 10.3. The van der Waals surface area contributed by atoms with Gasteiger partial charge in [-0.05, 0) is 42.5 Å². The van der Waals surface area contributed by atoms with Crippen molar-refractivity contribution in [3.05, 3.63) is 60.7 Å². The zero-order chi connectivity index (χ0) is 20.6. The van der Waals surface area contributed by atoms with Gasteiger partial charge in [-0.1, -0.05) is 18.2 Å². The van der Waals surface area contributed by atoms with Gasteiger partial charge in [-0.25, -0.2) is 8.42 Å². The third-order valence-corrected chi connectivity index (χ3v) is 5.80. The molecule has 29 heavy (non-hydrogen) atoms. The summed E-state index contributed by atoms with van der Waals surface area (Å²) in [5, 5.41) is 4.29. The second kappa shape index (κ2) is 7.14. The molecule has 0 aliphatic carbocycles. The molecule has 8 heteroatoms. The molecule has 4 aromatic rings. The van der Waals surface area contributed by atoms with Crippen LogP contribution >= 0.6 is 0 Å². The number of nitrogens with one attached hydrogen (secondary N) is 2. The molecule has 3 aromatic carbocycles. The van der Waals surface area contributed by atoms with Crippen molar-refractivity contribution in [2.75, 3.05) is 17.1 Å². The number of para-hydroxylation sites is 1. The van der Waals surface area contributed by atoms with E-state index in [4.69, 9.17) is 9.15 Å². The van der Waals surface area contributed by atoms with Crippen LogP contribution in [-0.2, 0) is 14.8 Å². The van der Waals surface area contributed by atoms with E-state index < -0.39 is 10.0 Å². The number of amides is 1. The molecule has 0 saturated carbocycles. The van der Waals surface area contributed by atoms with Gasteiger partial charge in [0.2, 0.25) is 5.91 Å². The molecule has 0 aliphatic heterocycles. The van der Waals surface area contributed by atoms with Crippen LogP contribution in [0, 0.1) is 0 Å². The highest BCUT2D eigenvalue weighted by Crippen LogP contribution is 2.32. The van der Waals surface area contributed by atoms with E-state index in [1.807, 2.05) is 24.3 Å². The molecule has 1 aromatic heterocycles. The number of anilines is 2. The number of methoxy groups -OCH3 is 1. The number of ether oxygens (including phenoxy) is 1. The monoisotopic (exact) mass is 410 g/mol. The summed E-state index contributed by atoms with van der Waals surface area (Å²) in [5.74, 6) is 0.0357. The molecule has 1 heterocycles. The zero-order valence-corrected chi connectivity index (χ0v) is 16.5. The minimum absolute atomic E-state index is 0.000742. The fourth-order valence-corrected chi connectivity index (χ4v) is 4.22. The predicted octanol–water partition coefficient (Wildman–Crippen LogP) is 4.35. The summed E-state index contributed by atoms with van der Waals surface area (Å²) >= 11 is 0. The van der Waals surface area contributed by atoms with Crippen LogP contribution in [0.3, 0.4) is 0 Å². The van der Waals surface area contributed by atoms with Gasteiger partial charge in [0.1, 0.15) is 16.9 Å². The average Bonchev–Trinajstić information content (AvgIpc) is 3.05. The minimum Gasteiger partial charge on any atom is -0.495 e. The lowest BCUT2D eigenvalue weighted by Crippen LogP contribution is -2.14. The molecule has 148 valence electrons. The van der Waals surface area contributed by atoms with Gasteiger partial charge in [0, 0.05) is 23.4 Å². The van der Waals surface area contributed by atoms with Gasteiger partial charge >= 0.3 is 0 Å². The summed E-state index contributed by atoms with van der Waals surface area (Å²) in [4.78, 5) is 11.4. The summed E-state index contributed by atoms with van der Waals surface area (Å²) in [5.41, 5.74) is 2.09. The molecule has 7 nitrogen and oxygen atoms in total. The minimum atomic E-state index is -3.89. The van der Waals surface area contributed by atoms with E-state index in [0.717, 1.165) is 16.4 Å². The Morgan fingerprint density at radius 1 is 0.966 bits per heavy atom. The van der Waals surface area contributed by atoms with Crippen LogP contribution in [0.2, 0.25) is 0 Å². The molecular weight excluding hydrogens is 392 g/mol. The van der Waals surface area contributed by atoms with Crippen LogP contribution in [0.4, 0.5) is 11.4 Å². The number of hydrogen-bond donors (Lipinski definition) is 2. The van der Waals surface area contributed by atoms with Gasteiger partial charge in [-0.3, -0.25) is 9.52 Å². The largest absolute Gasteiger partial charge is 0.495 e. The van der Waals surface area contributed by atoms with Crippen molar-refractivity contribution >= 4 is 49.2 Å². The molecule has 0 fully saturated rings. The van der Waals surface area contributed by atoms with Crippen LogP contribution in [0.25, 0.3) is 21.9 Å². The Hall–Kier alpha value is -3.52. The third kappa shape index (κ3) is 3.62. The van der Waals surface area contributed by atoms with E-state index in [1.54, 1.807) is 18.2 Å². The Balaban J connectivity index is 1.71. The van der Waals surface area contributed by atoms with E-state index in [-0.39, 0.29) is 16.5 Å². The maximum atomic E-state index is 12.9. The summed E-state index contributed by atoms with van der Waals surface area (Å²) in [6.07, 6.45) is 0. The SMILES string of the molecule is COc1ccc(S(=O)(=O)Nc2ccc3oc4ccccc4c3c2)cc1NC(C)=O. The smallest absolute Gasteiger partial charge is 0.261 e. The van der Waals surface area contributed by atoms with E-state index in [1.165, 1.54) is 32.2 Å². The van der Waals surface area contributed by atoms with Crippen molar-refractivity contribution in [3.8, 4) is 5.75 Å². The standard InChI is InChI=1S/C21H18N2O5S/c1-13(24)22-18-12-15(8-10-21(18)27-2)29(25,26)23-14-7-9-20-17(11-14)16-5-3-4-6-19(16)28-20/h3-12,23H,1-2H3,(H,22,24). The summed E-state index contributed by atoms with van der Waals surface area (Å²) in [7, 11) is -2.45. The van der Waals surface area contributed by atoms with Crippen molar-refractivity contribution in [2.24, 2.45) is 0 Å². The Morgan fingerprint density at radius 2 is 1.72 bits per heavy atom. The van der Waals surface area contributed by atoms with Gasteiger partial charge in [0.25, 0.3) is 10.0 Å². The van der Waals surface area contributed by atoms with Gasteiger partial charge < -0.3 is 14.5 Å². The Bertz CT molecular complexity index is 1340. The first-order valence-electron chi connectivity index (χ1n) is 8.77. The average molecular weight is 410 g/mol. The number of fused-ring (bicyclic) bond motifs is 3. The molecule has 4 rings (SSSR count). The Morgan fingerprint density at radius 3 is 2.48 bits per heavy atom. The fraction of sp³-hybridized carbons (Fsp3) is 0.0952. The van der Waals surface area contributed by atoms with Gasteiger partial charge in [-0.15, -0.1) is 0 Å². The molecule has 0 aliphatic rings. The van der Waals surface area contributed by atoms with Gasteiger partial charge in [0.05, 0.1) is 17.7 Å². The van der Waals surface area contributed by atoms with Crippen LogP contribution < -0.4 is 14.8 Å². The van der Waals surface area contributed by atoms with E-state index in [2.05, 4.69) is 10.0 Å². The normalized spacial score (nSPS) is 11.5. The van der Waals surface area contributed by atoms with E-state index in [9.17, 15) is 13.2 Å². The van der Waals surface area contributed by atoms with Crippen molar-refractivity contribution < 1.29 is 22.4 Å². The first-order chi connectivity index (χ1) is 13.9. The molecule has 0 bridgehead atoms. The predicted molar refractivity (Wildman–Crippen MR) is 112 cm³/mol. The lowest BCUT2D eigenvalue weighted by Gasteiger charge is -2.12. The molecule has 0 radical (unpaired) electrons. The first kappa shape index (κ1) is 18.8. The molecule has 0 saturated heterocycles. The quantitative estimate of drug-likeness (QED) is 0.510. The Labute approximate surface area is 167 Å². The molecule has 2 N–H and O–H groups in total. The van der Waals surface area contributed by atoms with Crippen LogP contribution in [0.15, 0.2) is 70.0 Å². The lowest BCUT2D eigenvalue weighted by molar-refractivity contribution is -0.114. The van der Waals surface area contributed by atoms with Crippen LogP contribution in [0.5, 0.6) is 5.75 Å². The number of carbonyl (C=O) groups is 1. The molecule has 0 spiro atoms. The summed E-state index contributed by atoms with van der Waals surface area (Å²) in [6, 6.07) is 16.9. The van der Waals surface area contributed by atoms with Crippen LogP contribution in [0.1, 0.15) is 6.92 Å². The van der Waals surface area contributed by atoms with Gasteiger partial charge in [-0.2, -0.15) is 0 Å². The lowest BCUT2D eigenvalue weighted by atomic mass is 10.1.